The molecule has 2 aromatic carbocycles. The van der Waals surface area contributed by atoms with Crippen molar-refractivity contribution in [3.8, 4) is 0 Å². The summed E-state index contributed by atoms with van der Waals surface area (Å²) in [5, 5.41) is 4.91. The fourth-order valence-corrected chi connectivity index (χ4v) is 2.11. The van der Waals surface area contributed by atoms with Crippen molar-refractivity contribution in [2.75, 3.05) is 12.0 Å². The first kappa shape index (κ1) is 21.3. The number of oxime groups is 1. The van der Waals surface area contributed by atoms with E-state index < -0.39 is 59.2 Å². The highest BCUT2D eigenvalue weighted by Crippen LogP contribution is 2.27. The van der Waals surface area contributed by atoms with Gasteiger partial charge in [-0.1, -0.05) is 35.5 Å². The van der Waals surface area contributed by atoms with Gasteiger partial charge in [0, 0.05) is 6.42 Å². The van der Waals surface area contributed by atoms with E-state index in [1.807, 2.05) is 0 Å². The zero-order valence-corrected chi connectivity index (χ0v) is 14.4. The molecule has 10 heteroatoms. The molecule has 2 rings (SSSR count). The van der Waals surface area contributed by atoms with Gasteiger partial charge in [0.2, 0.25) is 5.82 Å². The van der Waals surface area contributed by atoms with Crippen molar-refractivity contribution in [3.05, 3.63) is 65.0 Å². The Morgan fingerprint density at radius 3 is 2.07 bits per heavy atom. The van der Waals surface area contributed by atoms with Gasteiger partial charge < -0.3 is 10.2 Å². The van der Waals surface area contributed by atoms with Gasteiger partial charge in [-0.05, 0) is 12.5 Å². The third-order valence-corrected chi connectivity index (χ3v) is 3.59. The standard InChI is InChI=1S/C18H14F6N2O2/c1-9(26-28-11(8-19)7-10-5-3-2-4-6-10)18(27)25-17-15(23)13(21)12(20)14(22)16(17)24/h2-6,11H,7-8H2,1H3,(H,25,27)/b26-9-. The Morgan fingerprint density at radius 2 is 1.54 bits per heavy atom. The molecule has 0 saturated heterocycles. The van der Waals surface area contributed by atoms with Crippen molar-refractivity contribution in [2.45, 2.75) is 19.4 Å². The summed E-state index contributed by atoms with van der Waals surface area (Å²) in [5.41, 5.74) is -1.30. The summed E-state index contributed by atoms with van der Waals surface area (Å²) in [7, 11) is 0. The van der Waals surface area contributed by atoms with Crippen molar-refractivity contribution in [1.29, 1.82) is 0 Å². The number of nitrogens with one attached hydrogen (secondary N) is 1. The zero-order valence-electron chi connectivity index (χ0n) is 14.4. The van der Waals surface area contributed by atoms with Gasteiger partial charge >= 0.3 is 0 Å². The molecule has 0 fully saturated rings. The lowest BCUT2D eigenvalue weighted by Crippen LogP contribution is -2.24. The first-order chi connectivity index (χ1) is 13.3. The molecular formula is C18H14F6N2O2. The maximum atomic E-state index is 13.6. The minimum Gasteiger partial charge on any atom is -0.389 e. The number of carbonyl (C=O) groups excluding carboxylic acids is 1. The number of anilines is 1. The maximum absolute atomic E-state index is 13.6. The fourth-order valence-electron chi connectivity index (χ4n) is 2.11. The number of alkyl halides is 1. The molecule has 0 radical (unpaired) electrons. The van der Waals surface area contributed by atoms with Crippen LogP contribution in [0.15, 0.2) is 35.5 Å². The van der Waals surface area contributed by atoms with Gasteiger partial charge in [-0.25, -0.2) is 26.3 Å². The minimum atomic E-state index is -2.35. The Balaban J connectivity index is 2.10. The second-order valence-corrected chi connectivity index (χ2v) is 5.65. The second kappa shape index (κ2) is 9.25. The van der Waals surface area contributed by atoms with Crippen LogP contribution in [0.3, 0.4) is 0 Å². The molecule has 1 atom stereocenters. The number of halogens is 6. The van der Waals surface area contributed by atoms with Gasteiger partial charge in [-0.15, -0.1) is 0 Å². The van der Waals surface area contributed by atoms with E-state index in [0.29, 0.717) is 0 Å². The molecule has 1 N–H and O–H groups in total. The average molecular weight is 404 g/mol. The van der Waals surface area contributed by atoms with Crippen molar-refractivity contribution in [2.24, 2.45) is 5.16 Å². The Labute approximate surface area is 155 Å². The summed E-state index contributed by atoms with van der Waals surface area (Å²) in [6.07, 6.45) is -0.910. The normalized spacial score (nSPS) is 12.6. The topological polar surface area (TPSA) is 50.7 Å². The number of amides is 1. The molecule has 0 aliphatic rings. The van der Waals surface area contributed by atoms with Crippen LogP contribution in [0.2, 0.25) is 0 Å². The summed E-state index contributed by atoms with van der Waals surface area (Å²) in [4.78, 5) is 16.8. The number of hydrogen-bond acceptors (Lipinski definition) is 3. The lowest BCUT2D eigenvalue weighted by molar-refractivity contribution is -0.110. The van der Waals surface area contributed by atoms with Crippen LogP contribution in [0.25, 0.3) is 0 Å². The van der Waals surface area contributed by atoms with E-state index in [2.05, 4.69) is 5.16 Å². The second-order valence-electron chi connectivity index (χ2n) is 5.65. The molecule has 0 aliphatic carbocycles. The first-order valence-electron chi connectivity index (χ1n) is 7.89. The summed E-state index contributed by atoms with van der Waals surface area (Å²) in [6, 6.07) is 8.67. The number of hydrogen-bond donors (Lipinski definition) is 1. The van der Waals surface area contributed by atoms with Crippen LogP contribution in [0, 0.1) is 29.1 Å². The van der Waals surface area contributed by atoms with Crippen LogP contribution in [0.5, 0.6) is 0 Å². The van der Waals surface area contributed by atoms with Gasteiger partial charge in [0.05, 0.1) is 0 Å². The van der Waals surface area contributed by atoms with E-state index in [1.54, 1.807) is 30.3 Å². The SMILES string of the molecule is C/C(=N/OC(CF)Cc1ccccc1)C(=O)Nc1c(F)c(F)c(F)c(F)c1F. The van der Waals surface area contributed by atoms with Crippen LogP contribution in [0.1, 0.15) is 12.5 Å². The molecule has 0 aliphatic heterocycles. The van der Waals surface area contributed by atoms with Gasteiger partial charge in [0.15, 0.2) is 29.4 Å². The Kier molecular flexibility index (Phi) is 7.02. The lowest BCUT2D eigenvalue weighted by Gasteiger charge is -2.13. The molecule has 2 aromatic rings. The Morgan fingerprint density at radius 1 is 1.00 bits per heavy atom. The van der Waals surface area contributed by atoms with Crippen molar-refractivity contribution in [1.82, 2.24) is 0 Å². The number of benzene rings is 2. The molecule has 0 spiro atoms. The Bertz CT molecular complexity index is 860. The summed E-state index contributed by atoms with van der Waals surface area (Å²) in [5.74, 6) is -12.5. The van der Waals surface area contributed by atoms with Crippen molar-refractivity contribution in [3.63, 3.8) is 0 Å². The molecule has 1 unspecified atom stereocenters. The van der Waals surface area contributed by atoms with Crippen molar-refractivity contribution < 1.29 is 36.0 Å². The van der Waals surface area contributed by atoms with E-state index in [1.165, 1.54) is 5.32 Å². The van der Waals surface area contributed by atoms with E-state index in [9.17, 15) is 31.1 Å². The smallest absolute Gasteiger partial charge is 0.273 e. The monoisotopic (exact) mass is 404 g/mol. The summed E-state index contributed by atoms with van der Waals surface area (Å²) >= 11 is 0. The highest BCUT2D eigenvalue weighted by molar-refractivity contribution is 6.42. The van der Waals surface area contributed by atoms with Gasteiger partial charge in [-0.3, -0.25) is 4.79 Å². The molecular weight excluding hydrogens is 390 g/mol. The van der Waals surface area contributed by atoms with Crippen LogP contribution >= 0.6 is 0 Å². The molecule has 4 nitrogen and oxygen atoms in total. The van der Waals surface area contributed by atoms with Crippen LogP contribution in [-0.2, 0) is 16.1 Å². The van der Waals surface area contributed by atoms with E-state index in [4.69, 9.17) is 4.84 Å². The predicted molar refractivity (Wildman–Crippen MR) is 89.0 cm³/mol. The van der Waals surface area contributed by atoms with Gasteiger partial charge in [-0.2, -0.15) is 0 Å². The average Bonchev–Trinajstić information content (AvgIpc) is 2.71. The van der Waals surface area contributed by atoms with Crippen LogP contribution < -0.4 is 5.32 Å². The molecule has 0 bridgehead atoms. The summed E-state index contributed by atoms with van der Waals surface area (Å²) < 4.78 is 79.5. The number of rotatable bonds is 7. The van der Waals surface area contributed by atoms with Crippen LogP contribution in [0.4, 0.5) is 32.0 Å². The first-order valence-corrected chi connectivity index (χ1v) is 7.89. The predicted octanol–water partition coefficient (Wildman–Crippen LogP) is 4.29. The molecule has 0 aromatic heterocycles. The zero-order chi connectivity index (χ0) is 20.8. The third kappa shape index (κ3) is 4.81. The quantitative estimate of drug-likeness (QED) is 0.246. The highest BCUT2D eigenvalue weighted by atomic mass is 19.2. The lowest BCUT2D eigenvalue weighted by atomic mass is 10.1. The molecule has 1 amide bonds. The Hall–Kier alpha value is -3.04. The highest BCUT2D eigenvalue weighted by Gasteiger charge is 2.27. The van der Waals surface area contributed by atoms with Gasteiger partial charge in [0.1, 0.15) is 18.1 Å². The molecule has 0 saturated carbocycles. The summed E-state index contributed by atoms with van der Waals surface area (Å²) in [6.45, 7) is 0.115. The van der Waals surface area contributed by atoms with Gasteiger partial charge in [0.25, 0.3) is 5.91 Å². The third-order valence-electron chi connectivity index (χ3n) is 3.59. The van der Waals surface area contributed by atoms with E-state index in [-0.39, 0.29) is 6.42 Å². The number of carbonyl (C=O) groups is 1. The maximum Gasteiger partial charge on any atom is 0.273 e. The molecule has 28 heavy (non-hydrogen) atoms. The van der Waals surface area contributed by atoms with Crippen LogP contribution in [-0.4, -0.2) is 24.4 Å². The number of nitrogens with zero attached hydrogens (tertiary/aromatic N) is 1. The fraction of sp³-hybridized carbons (Fsp3) is 0.222. The van der Waals surface area contributed by atoms with E-state index in [0.717, 1.165) is 12.5 Å². The minimum absolute atomic E-state index is 0.132. The van der Waals surface area contributed by atoms with Crippen molar-refractivity contribution >= 4 is 17.3 Å². The molecule has 150 valence electrons. The molecule has 0 heterocycles. The van der Waals surface area contributed by atoms with E-state index >= 15 is 0 Å². The largest absolute Gasteiger partial charge is 0.389 e.